The van der Waals surface area contributed by atoms with Gasteiger partial charge in [0.05, 0.1) is 6.21 Å². The van der Waals surface area contributed by atoms with E-state index in [9.17, 15) is 15.3 Å². The molecule has 1 N–H and O–H groups in total. The third kappa shape index (κ3) is 9.10. The Bertz CT molecular complexity index is 1060. The van der Waals surface area contributed by atoms with E-state index in [0.717, 1.165) is 5.56 Å². The van der Waals surface area contributed by atoms with Crippen LogP contribution >= 0.6 is 0 Å². The number of aromatic nitrogens is 1. The largest absolute Gasteiger partial charge is 2.00 e. The topological polar surface area (TPSA) is 135 Å². The summed E-state index contributed by atoms with van der Waals surface area (Å²) in [6.07, 6.45) is 3.15. The Labute approximate surface area is 213 Å². The van der Waals surface area contributed by atoms with Crippen molar-refractivity contribution in [2.45, 2.75) is 52.4 Å². The van der Waals surface area contributed by atoms with Crippen LogP contribution in [-0.2, 0) is 34.9 Å². The van der Waals surface area contributed by atoms with Crippen LogP contribution in [0.5, 0.6) is 17.2 Å². The first kappa shape index (κ1) is 31.0. The summed E-state index contributed by atoms with van der Waals surface area (Å²) in [6.45, 7) is 12.0. The first-order chi connectivity index (χ1) is 14.9. The van der Waals surface area contributed by atoms with Gasteiger partial charge in [-0.3, -0.25) is 5.43 Å². The number of para-hydroxylation sites is 1. The van der Waals surface area contributed by atoms with Crippen LogP contribution in [0.4, 0.5) is 5.82 Å². The van der Waals surface area contributed by atoms with E-state index in [0.29, 0.717) is 16.9 Å². The first-order valence-electron chi connectivity index (χ1n) is 10.4. The van der Waals surface area contributed by atoms with Crippen LogP contribution < -0.4 is 20.7 Å². The second kappa shape index (κ2) is 13.0. The van der Waals surface area contributed by atoms with Gasteiger partial charge in [0, 0.05) is 24.8 Å². The standard InChI is InChI=1S/C14H22O2.C12H11N3O.O.V/c1-13(2,3)9-7-10(14(4,5)6)12(16)11(15)8-9;16-11-6-2-1-5-10(11)9-14-15-12-7-3-4-8-13-12;;/h7-8,15-16H,1-6H3;1-9,16H,(H,13,15);;/q;;-2;/p-3/b;14-9+;;. The number of hydrogen-bond donors (Lipinski definition) is 1. The quantitative estimate of drug-likeness (QED) is 0.431. The number of rotatable bonds is 3. The van der Waals surface area contributed by atoms with Crippen molar-refractivity contribution in [1.29, 1.82) is 0 Å². The molecule has 8 heteroatoms. The summed E-state index contributed by atoms with van der Waals surface area (Å²) < 4.78 is 0. The molecule has 0 aliphatic rings. The van der Waals surface area contributed by atoms with Crippen molar-refractivity contribution < 1.29 is 39.4 Å². The SMILES string of the molecule is CC(C)(C)c1cc([O-])c([O-])c(C(C)(C)C)c1.[O-2].[O-]c1ccccc1/C=N/Nc1ccccn1.[V]. The Balaban J connectivity index is 0.000000605. The van der Waals surface area contributed by atoms with Crippen molar-refractivity contribution in [2.75, 3.05) is 5.43 Å². The van der Waals surface area contributed by atoms with Crippen molar-refractivity contribution in [1.82, 2.24) is 4.98 Å². The summed E-state index contributed by atoms with van der Waals surface area (Å²) in [7, 11) is 0. The minimum atomic E-state index is -0.391. The molecule has 3 aromatic rings. The Morgan fingerprint density at radius 1 is 0.824 bits per heavy atom. The van der Waals surface area contributed by atoms with Gasteiger partial charge >= 0.3 is 0 Å². The molecule has 34 heavy (non-hydrogen) atoms. The number of nitrogens with one attached hydrogen (secondary N) is 1. The van der Waals surface area contributed by atoms with Crippen LogP contribution in [0.3, 0.4) is 0 Å². The molecule has 1 heterocycles. The maximum Gasteiger partial charge on any atom is 0.146 e. The minimum absolute atomic E-state index is 0. The summed E-state index contributed by atoms with van der Waals surface area (Å²) in [5.74, 6) is -0.158. The van der Waals surface area contributed by atoms with Crippen molar-refractivity contribution in [3.05, 3.63) is 77.5 Å². The molecular weight excluding hydrogens is 469 g/mol. The second-order valence-electron chi connectivity index (χ2n) is 9.47. The molecule has 0 saturated carbocycles. The van der Waals surface area contributed by atoms with E-state index in [4.69, 9.17) is 0 Å². The molecule has 0 atom stereocenters. The van der Waals surface area contributed by atoms with Crippen LogP contribution in [0.2, 0.25) is 0 Å². The van der Waals surface area contributed by atoms with Gasteiger partial charge in [-0.2, -0.15) is 5.10 Å². The van der Waals surface area contributed by atoms with E-state index < -0.39 is 5.75 Å². The molecule has 0 amide bonds. The van der Waals surface area contributed by atoms with Crippen LogP contribution in [0.25, 0.3) is 0 Å². The summed E-state index contributed by atoms with van der Waals surface area (Å²) in [4.78, 5) is 4.03. The normalized spacial score (nSPS) is 11.0. The molecule has 3 rings (SSSR count). The molecule has 1 radical (unpaired) electrons. The number of benzene rings is 2. The average molecular weight is 499 g/mol. The van der Waals surface area contributed by atoms with E-state index in [-0.39, 0.29) is 46.4 Å². The van der Waals surface area contributed by atoms with Gasteiger partial charge in [0.15, 0.2) is 0 Å². The Hall–Kier alpha value is -3.00. The van der Waals surface area contributed by atoms with Crippen LogP contribution in [0.1, 0.15) is 58.2 Å². The predicted molar refractivity (Wildman–Crippen MR) is 125 cm³/mol. The molecule has 0 bridgehead atoms. The molecule has 1 aromatic heterocycles. The van der Waals surface area contributed by atoms with Gasteiger partial charge in [0.1, 0.15) is 5.82 Å². The molecule has 0 fully saturated rings. The van der Waals surface area contributed by atoms with Crippen molar-refractivity contribution in [2.24, 2.45) is 5.10 Å². The van der Waals surface area contributed by atoms with Gasteiger partial charge in [-0.1, -0.05) is 95.3 Å². The smallest absolute Gasteiger partial charge is 0.146 e. The fraction of sp³-hybridized carbons (Fsp3) is 0.308. The van der Waals surface area contributed by atoms with Gasteiger partial charge in [0.2, 0.25) is 0 Å². The molecule has 0 unspecified atom stereocenters. The van der Waals surface area contributed by atoms with Crippen LogP contribution in [0, 0.1) is 0 Å². The Morgan fingerprint density at radius 3 is 1.97 bits per heavy atom. The molecule has 0 aliphatic carbocycles. The fourth-order valence-electron chi connectivity index (χ4n) is 2.78. The number of nitrogens with zero attached hydrogens (tertiary/aromatic N) is 2. The van der Waals surface area contributed by atoms with Crippen LogP contribution in [-0.4, -0.2) is 11.2 Å². The third-order valence-electron chi connectivity index (χ3n) is 4.70. The van der Waals surface area contributed by atoms with E-state index in [1.165, 1.54) is 18.3 Å². The van der Waals surface area contributed by atoms with E-state index >= 15 is 0 Å². The van der Waals surface area contributed by atoms with Gasteiger partial charge in [-0.25, -0.2) is 4.98 Å². The molecule has 183 valence electrons. The number of pyridine rings is 1. The van der Waals surface area contributed by atoms with Gasteiger partial charge in [-0.05, 0) is 34.1 Å². The number of hydrogen-bond acceptors (Lipinski definition) is 6. The molecule has 0 saturated heterocycles. The maximum absolute atomic E-state index is 11.8. The van der Waals surface area contributed by atoms with Gasteiger partial charge in [-0.15, -0.1) is 11.5 Å². The summed E-state index contributed by atoms with van der Waals surface area (Å²) in [6, 6.07) is 15.5. The Kier molecular flexibility index (Phi) is 11.9. The fourth-order valence-corrected chi connectivity index (χ4v) is 2.78. The zero-order valence-electron chi connectivity index (χ0n) is 20.3. The van der Waals surface area contributed by atoms with Gasteiger partial charge in [0.25, 0.3) is 0 Å². The number of hydrazone groups is 1. The van der Waals surface area contributed by atoms with Gasteiger partial charge < -0.3 is 20.8 Å². The molecule has 2 aromatic carbocycles. The summed E-state index contributed by atoms with van der Waals surface area (Å²) >= 11 is 0. The van der Waals surface area contributed by atoms with E-state index in [1.54, 1.807) is 30.5 Å². The Morgan fingerprint density at radius 2 is 1.44 bits per heavy atom. The summed E-state index contributed by atoms with van der Waals surface area (Å²) in [5, 5.41) is 38.7. The van der Waals surface area contributed by atoms with E-state index in [2.05, 4.69) is 15.5 Å². The zero-order valence-corrected chi connectivity index (χ0v) is 21.7. The molecule has 0 spiro atoms. The monoisotopic (exact) mass is 499 g/mol. The maximum atomic E-state index is 11.8. The zero-order chi connectivity index (χ0) is 23.9. The van der Waals surface area contributed by atoms with Crippen molar-refractivity contribution in [3.8, 4) is 17.2 Å². The molecular formula is C26H30N3O4V-5. The third-order valence-corrected chi connectivity index (χ3v) is 4.70. The predicted octanol–water partition coefficient (Wildman–Crippen LogP) is 3.91. The molecule has 0 aliphatic heterocycles. The summed E-state index contributed by atoms with van der Waals surface area (Å²) in [5.41, 5.74) is 4.45. The van der Waals surface area contributed by atoms with E-state index in [1.807, 2.05) is 59.7 Å². The van der Waals surface area contributed by atoms with Crippen LogP contribution in [0.15, 0.2) is 65.9 Å². The van der Waals surface area contributed by atoms with Crippen molar-refractivity contribution >= 4 is 12.0 Å². The average Bonchev–Trinajstić information content (AvgIpc) is 2.71. The molecule has 7 nitrogen and oxygen atoms in total. The van der Waals surface area contributed by atoms with Crippen molar-refractivity contribution in [3.63, 3.8) is 0 Å². The minimum Gasteiger partial charge on any atom is -2.00 e. The second-order valence-corrected chi connectivity index (χ2v) is 9.47. The number of anilines is 1. The first-order valence-corrected chi connectivity index (χ1v) is 10.4.